The molecule has 1 aromatic carbocycles. The molecule has 0 saturated heterocycles. The van der Waals surface area contributed by atoms with Crippen LogP contribution < -0.4 is 5.32 Å². The molecule has 0 aliphatic rings. The van der Waals surface area contributed by atoms with Gasteiger partial charge in [-0.3, -0.25) is 14.5 Å². The van der Waals surface area contributed by atoms with Crippen molar-refractivity contribution in [3.63, 3.8) is 0 Å². The summed E-state index contributed by atoms with van der Waals surface area (Å²) in [6, 6.07) is 5.29. The Bertz CT molecular complexity index is 1010. The third-order valence-electron chi connectivity index (χ3n) is 3.69. The zero-order valence-electron chi connectivity index (χ0n) is 15.7. The third-order valence-corrected chi connectivity index (χ3v) is 3.69. The van der Waals surface area contributed by atoms with E-state index in [0.29, 0.717) is 0 Å². The van der Waals surface area contributed by atoms with Crippen LogP contribution in [0.5, 0.6) is 0 Å². The first-order valence-electron chi connectivity index (χ1n) is 8.49. The Balaban J connectivity index is 0.00000145. The molecular formula is C19H17F5N4O. The van der Waals surface area contributed by atoms with Crippen LogP contribution in [0.2, 0.25) is 0 Å². The van der Waals surface area contributed by atoms with E-state index in [1.807, 2.05) is 13.8 Å². The molecule has 0 aliphatic heterocycles. The molecule has 1 amide bonds. The summed E-state index contributed by atoms with van der Waals surface area (Å²) in [6.45, 7) is 4.00. The highest BCUT2D eigenvalue weighted by Crippen LogP contribution is 2.32. The van der Waals surface area contributed by atoms with E-state index < -0.39 is 29.4 Å². The van der Waals surface area contributed by atoms with Gasteiger partial charge in [-0.05, 0) is 30.3 Å². The number of benzene rings is 1. The number of aromatic nitrogens is 3. The maximum Gasteiger partial charge on any atom is 0.435 e. The van der Waals surface area contributed by atoms with E-state index in [2.05, 4.69) is 15.4 Å². The van der Waals surface area contributed by atoms with Crippen LogP contribution in [0, 0.1) is 11.6 Å². The van der Waals surface area contributed by atoms with Gasteiger partial charge in [0.25, 0.3) is 5.91 Å². The second kappa shape index (κ2) is 8.80. The summed E-state index contributed by atoms with van der Waals surface area (Å²) in [5, 5.41) is 5.64. The Morgan fingerprint density at radius 1 is 1.07 bits per heavy atom. The van der Waals surface area contributed by atoms with Gasteiger partial charge >= 0.3 is 6.18 Å². The first-order valence-corrected chi connectivity index (χ1v) is 8.49. The number of anilines is 1. The van der Waals surface area contributed by atoms with Gasteiger partial charge in [-0.1, -0.05) is 13.8 Å². The average molecular weight is 412 g/mol. The molecule has 0 atom stereocenters. The summed E-state index contributed by atoms with van der Waals surface area (Å²) in [5.41, 5.74) is -1.64. The Morgan fingerprint density at radius 2 is 1.76 bits per heavy atom. The molecule has 3 aromatic rings. The normalized spacial score (nSPS) is 10.9. The van der Waals surface area contributed by atoms with Gasteiger partial charge in [-0.2, -0.15) is 18.3 Å². The summed E-state index contributed by atoms with van der Waals surface area (Å²) < 4.78 is 67.1. The van der Waals surface area contributed by atoms with Crippen LogP contribution >= 0.6 is 0 Å². The summed E-state index contributed by atoms with van der Waals surface area (Å²) in [7, 11) is 1.26. The van der Waals surface area contributed by atoms with Crippen LogP contribution in [-0.4, -0.2) is 20.7 Å². The minimum atomic E-state index is -4.66. The van der Waals surface area contributed by atoms with E-state index >= 15 is 0 Å². The Kier molecular flexibility index (Phi) is 6.68. The van der Waals surface area contributed by atoms with Crippen molar-refractivity contribution in [1.29, 1.82) is 0 Å². The van der Waals surface area contributed by atoms with Gasteiger partial charge < -0.3 is 5.32 Å². The van der Waals surface area contributed by atoms with Crippen LogP contribution in [0.15, 0.2) is 42.7 Å². The summed E-state index contributed by atoms with van der Waals surface area (Å²) >= 11 is 0. The molecule has 0 aliphatic carbocycles. The second-order valence-corrected chi connectivity index (χ2v) is 5.54. The van der Waals surface area contributed by atoms with Gasteiger partial charge in [0.2, 0.25) is 0 Å². The monoisotopic (exact) mass is 412 g/mol. The summed E-state index contributed by atoms with van der Waals surface area (Å²) in [6.07, 6.45) is -2.57. The number of pyridine rings is 1. The number of nitrogens with one attached hydrogen (secondary N) is 1. The Hall–Kier alpha value is -3.30. The van der Waals surface area contributed by atoms with Crippen LogP contribution in [-0.2, 0) is 13.2 Å². The highest BCUT2D eigenvalue weighted by molar-refractivity contribution is 6.04. The smallest absolute Gasteiger partial charge is 0.322 e. The lowest BCUT2D eigenvalue weighted by molar-refractivity contribution is -0.141. The summed E-state index contributed by atoms with van der Waals surface area (Å²) in [4.78, 5) is 15.5. The number of alkyl halides is 3. The van der Waals surface area contributed by atoms with Gasteiger partial charge in [0.15, 0.2) is 11.5 Å². The average Bonchev–Trinajstić information content (AvgIpc) is 3.06. The SMILES string of the molecule is CC.Cn1nc(C(F)(F)F)cc1-c1ccc(NC(=O)c2ccncc2F)cc1F. The fourth-order valence-electron chi connectivity index (χ4n) is 2.42. The predicted molar refractivity (Wildman–Crippen MR) is 97.1 cm³/mol. The van der Waals surface area contributed by atoms with Gasteiger partial charge in [0.1, 0.15) is 5.82 Å². The fraction of sp³-hybridized carbons (Fsp3) is 0.211. The lowest BCUT2D eigenvalue weighted by Crippen LogP contribution is -2.14. The van der Waals surface area contributed by atoms with Crippen molar-refractivity contribution in [2.75, 3.05) is 5.32 Å². The fourth-order valence-corrected chi connectivity index (χ4v) is 2.42. The zero-order chi connectivity index (χ0) is 21.8. The second-order valence-electron chi connectivity index (χ2n) is 5.54. The largest absolute Gasteiger partial charge is 0.435 e. The third kappa shape index (κ3) is 4.95. The van der Waals surface area contributed by atoms with Crippen molar-refractivity contribution < 1.29 is 26.7 Å². The molecule has 3 rings (SSSR count). The molecule has 0 radical (unpaired) electrons. The van der Waals surface area contributed by atoms with Crippen molar-refractivity contribution >= 4 is 11.6 Å². The first kappa shape index (κ1) is 22.0. The minimum absolute atomic E-state index is 0.00988. The molecular weight excluding hydrogens is 395 g/mol. The number of halogens is 5. The summed E-state index contributed by atoms with van der Waals surface area (Å²) in [5.74, 6) is -2.54. The molecule has 2 aromatic heterocycles. The van der Waals surface area contributed by atoms with E-state index in [9.17, 15) is 26.7 Å². The van der Waals surface area contributed by atoms with Crippen LogP contribution in [0.4, 0.5) is 27.6 Å². The van der Waals surface area contributed by atoms with Crippen molar-refractivity contribution in [2.45, 2.75) is 20.0 Å². The number of carbonyl (C=O) groups excluding carboxylic acids is 1. The van der Waals surface area contributed by atoms with Gasteiger partial charge in [-0.15, -0.1) is 0 Å². The van der Waals surface area contributed by atoms with E-state index in [1.165, 1.54) is 25.4 Å². The molecule has 29 heavy (non-hydrogen) atoms. The van der Waals surface area contributed by atoms with Crippen molar-refractivity contribution in [3.05, 3.63) is 65.6 Å². The minimum Gasteiger partial charge on any atom is -0.322 e. The molecule has 10 heteroatoms. The Morgan fingerprint density at radius 3 is 2.31 bits per heavy atom. The Labute approximate surface area is 163 Å². The van der Waals surface area contributed by atoms with Crippen molar-refractivity contribution in [2.24, 2.45) is 7.05 Å². The molecule has 0 unspecified atom stereocenters. The number of nitrogens with zero attached hydrogens (tertiary/aromatic N) is 3. The van der Waals surface area contributed by atoms with E-state index in [0.717, 1.165) is 29.1 Å². The van der Waals surface area contributed by atoms with Crippen molar-refractivity contribution in [1.82, 2.24) is 14.8 Å². The number of rotatable bonds is 3. The van der Waals surface area contributed by atoms with Crippen LogP contribution in [0.3, 0.4) is 0 Å². The van der Waals surface area contributed by atoms with Gasteiger partial charge in [0.05, 0.1) is 17.5 Å². The quantitative estimate of drug-likeness (QED) is 0.612. The zero-order valence-corrected chi connectivity index (χ0v) is 15.7. The van der Waals surface area contributed by atoms with Crippen molar-refractivity contribution in [3.8, 4) is 11.3 Å². The number of carbonyl (C=O) groups is 1. The molecule has 0 fully saturated rings. The number of amides is 1. The standard InChI is InChI=1S/C17H11F5N4O.C2H6/c1-26-14(7-15(25-26)17(20,21)22)10-3-2-9(6-12(10)18)24-16(27)11-4-5-23-8-13(11)19;1-2/h2-8H,1H3,(H,24,27);1-2H3. The molecule has 0 bridgehead atoms. The predicted octanol–water partition coefficient (Wildman–Crippen LogP) is 5.06. The number of hydrogen-bond acceptors (Lipinski definition) is 3. The number of aryl methyl sites for hydroxylation is 1. The van der Waals surface area contributed by atoms with Gasteiger partial charge in [0, 0.05) is 24.5 Å². The highest BCUT2D eigenvalue weighted by atomic mass is 19.4. The molecule has 1 N–H and O–H groups in total. The molecule has 5 nitrogen and oxygen atoms in total. The van der Waals surface area contributed by atoms with Crippen LogP contribution in [0.25, 0.3) is 11.3 Å². The molecule has 0 saturated carbocycles. The maximum atomic E-state index is 14.4. The highest BCUT2D eigenvalue weighted by Gasteiger charge is 2.35. The van der Waals surface area contributed by atoms with Gasteiger partial charge in [-0.25, -0.2) is 8.78 Å². The van der Waals surface area contributed by atoms with Crippen LogP contribution in [0.1, 0.15) is 29.9 Å². The van der Waals surface area contributed by atoms with E-state index in [4.69, 9.17) is 0 Å². The lowest BCUT2D eigenvalue weighted by Gasteiger charge is -2.09. The lowest BCUT2D eigenvalue weighted by atomic mass is 10.1. The topological polar surface area (TPSA) is 59.8 Å². The first-order chi connectivity index (χ1) is 13.7. The van der Waals surface area contributed by atoms with E-state index in [1.54, 1.807) is 0 Å². The molecule has 0 spiro atoms. The number of hydrogen-bond donors (Lipinski definition) is 1. The molecule has 154 valence electrons. The van der Waals surface area contributed by atoms with E-state index in [-0.39, 0.29) is 22.5 Å². The molecule has 2 heterocycles. The maximum absolute atomic E-state index is 14.4.